The number of aryl methyl sites for hydroxylation is 2. The Morgan fingerprint density at radius 2 is 1.75 bits per heavy atom. The minimum atomic E-state index is -4.27. The molecule has 114 valence electrons. The molecular weight excluding hydrogens is 274 g/mol. The SMILES string of the molecule is Cc1cc(CNCCCOCC(F)(F)F)cc(C)c1F. The summed E-state index contributed by atoms with van der Waals surface area (Å²) < 4.78 is 53.3. The van der Waals surface area contributed by atoms with Crippen molar-refractivity contribution in [2.24, 2.45) is 0 Å². The van der Waals surface area contributed by atoms with Gasteiger partial charge in [-0.3, -0.25) is 0 Å². The van der Waals surface area contributed by atoms with Crippen molar-refractivity contribution in [1.29, 1.82) is 0 Å². The van der Waals surface area contributed by atoms with Crippen LogP contribution < -0.4 is 5.32 Å². The first kappa shape index (κ1) is 16.9. The fraction of sp³-hybridized carbons (Fsp3) is 0.571. The first-order chi connectivity index (χ1) is 9.29. The van der Waals surface area contributed by atoms with Crippen LogP contribution in [0.2, 0.25) is 0 Å². The molecule has 0 fully saturated rings. The summed E-state index contributed by atoms with van der Waals surface area (Å²) in [6.07, 6.45) is -3.77. The predicted molar refractivity (Wildman–Crippen MR) is 69.1 cm³/mol. The monoisotopic (exact) mass is 293 g/mol. The van der Waals surface area contributed by atoms with Gasteiger partial charge in [-0.05, 0) is 43.5 Å². The van der Waals surface area contributed by atoms with Crippen LogP contribution in [0.3, 0.4) is 0 Å². The van der Waals surface area contributed by atoms with Crippen LogP contribution in [-0.4, -0.2) is 25.9 Å². The van der Waals surface area contributed by atoms with Crippen molar-refractivity contribution >= 4 is 0 Å². The molecule has 0 saturated heterocycles. The molecule has 0 aliphatic rings. The minimum absolute atomic E-state index is 0.0635. The second kappa shape index (κ2) is 7.59. The predicted octanol–water partition coefficient (Wildman–Crippen LogP) is 3.50. The summed E-state index contributed by atoms with van der Waals surface area (Å²) in [5.41, 5.74) is 2.14. The van der Waals surface area contributed by atoms with Crippen LogP contribution in [0.25, 0.3) is 0 Å². The van der Waals surface area contributed by atoms with Gasteiger partial charge in [0.2, 0.25) is 0 Å². The van der Waals surface area contributed by atoms with Gasteiger partial charge in [-0.15, -0.1) is 0 Å². The molecule has 0 radical (unpaired) electrons. The quantitative estimate of drug-likeness (QED) is 0.613. The van der Waals surface area contributed by atoms with E-state index in [2.05, 4.69) is 10.1 Å². The molecule has 0 atom stereocenters. The standard InChI is InChI=1S/C14H19F4NO/c1-10-6-12(7-11(2)13(10)15)8-19-4-3-5-20-9-14(16,17)18/h6-7,19H,3-5,8-9H2,1-2H3. The van der Waals surface area contributed by atoms with Gasteiger partial charge in [0.25, 0.3) is 0 Å². The number of nitrogens with one attached hydrogen (secondary N) is 1. The Labute approximate surface area is 116 Å². The Hall–Kier alpha value is -1.14. The molecule has 1 aromatic carbocycles. The maximum atomic E-state index is 13.4. The van der Waals surface area contributed by atoms with Crippen molar-refractivity contribution < 1.29 is 22.3 Å². The van der Waals surface area contributed by atoms with E-state index in [-0.39, 0.29) is 12.4 Å². The zero-order valence-corrected chi connectivity index (χ0v) is 11.6. The largest absolute Gasteiger partial charge is 0.411 e. The molecule has 0 unspecified atom stereocenters. The summed E-state index contributed by atoms with van der Waals surface area (Å²) in [6, 6.07) is 3.52. The number of alkyl halides is 3. The molecular formula is C14H19F4NO. The number of hydrogen-bond donors (Lipinski definition) is 1. The van der Waals surface area contributed by atoms with E-state index >= 15 is 0 Å². The maximum Gasteiger partial charge on any atom is 0.411 e. The lowest BCUT2D eigenvalue weighted by Crippen LogP contribution is -2.20. The highest BCUT2D eigenvalue weighted by molar-refractivity contribution is 5.30. The first-order valence-electron chi connectivity index (χ1n) is 6.40. The van der Waals surface area contributed by atoms with Gasteiger partial charge in [0, 0.05) is 13.2 Å². The smallest absolute Gasteiger partial charge is 0.372 e. The zero-order valence-electron chi connectivity index (χ0n) is 11.6. The van der Waals surface area contributed by atoms with E-state index in [4.69, 9.17) is 0 Å². The Morgan fingerprint density at radius 1 is 1.15 bits per heavy atom. The van der Waals surface area contributed by atoms with Crippen LogP contribution in [0.1, 0.15) is 23.1 Å². The molecule has 0 heterocycles. The van der Waals surface area contributed by atoms with E-state index < -0.39 is 12.8 Å². The second-order valence-corrected chi connectivity index (χ2v) is 4.74. The van der Waals surface area contributed by atoms with E-state index in [0.29, 0.717) is 30.6 Å². The summed E-state index contributed by atoms with van der Waals surface area (Å²) in [5.74, 6) is -0.200. The lowest BCUT2D eigenvalue weighted by atomic mass is 10.1. The van der Waals surface area contributed by atoms with Gasteiger partial charge in [0.05, 0.1) is 0 Å². The average Bonchev–Trinajstić information content (AvgIpc) is 2.33. The number of hydrogen-bond acceptors (Lipinski definition) is 2. The highest BCUT2D eigenvalue weighted by Gasteiger charge is 2.27. The Bertz CT molecular complexity index is 409. The number of benzene rings is 1. The normalized spacial score (nSPS) is 11.9. The molecule has 0 spiro atoms. The van der Waals surface area contributed by atoms with Crippen LogP contribution in [0, 0.1) is 19.7 Å². The van der Waals surface area contributed by atoms with E-state index in [1.54, 1.807) is 26.0 Å². The minimum Gasteiger partial charge on any atom is -0.372 e. The van der Waals surface area contributed by atoms with Gasteiger partial charge < -0.3 is 10.1 Å². The Morgan fingerprint density at radius 3 is 2.30 bits per heavy atom. The van der Waals surface area contributed by atoms with E-state index in [1.165, 1.54) is 0 Å². The molecule has 0 bridgehead atoms. The van der Waals surface area contributed by atoms with Crippen LogP contribution in [0.15, 0.2) is 12.1 Å². The average molecular weight is 293 g/mol. The summed E-state index contributed by atoms with van der Waals surface area (Å²) in [5, 5.41) is 3.09. The van der Waals surface area contributed by atoms with Crippen molar-refractivity contribution in [1.82, 2.24) is 5.32 Å². The van der Waals surface area contributed by atoms with Crippen molar-refractivity contribution in [3.8, 4) is 0 Å². The van der Waals surface area contributed by atoms with Crippen LogP contribution >= 0.6 is 0 Å². The third kappa shape index (κ3) is 6.34. The summed E-state index contributed by atoms with van der Waals surface area (Å²) in [6.45, 7) is 3.37. The third-order valence-corrected chi connectivity index (χ3v) is 2.73. The van der Waals surface area contributed by atoms with Gasteiger partial charge in [-0.2, -0.15) is 13.2 Å². The molecule has 20 heavy (non-hydrogen) atoms. The highest BCUT2D eigenvalue weighted by atomic mass is 19.4. The summed E-state index contributed by atoms with van der Waals surface area (Å²) in [4.78, 5) is 0. The van der Waals surface area contributed by atoms with Gasteiger partial charge >= 0.3 is 6.18 Å². The van der Waals surface area contributed by atoms with Crippen LogP contribution in [0.4, 0.5) is 17.6 Å². The van der Waals surface area contributed by atoms with Gasteiger partial charge in [-0.25, -0.2) is 4.39 Å². The summed E-state index contributed by atoms with van der Waals surface area (Å²) in [7, 11) is 0. The Kier molecular flexibility index (Phi) is 6.42. The van der Waals surface area contributed by atoms with Gasteiger partial charge in [-0.1, -0.05) is 12.1 Å². The van der Waals surface area contributed by atoms with Crippen molar-refractivity contribution in [2.45, 2.75) is 33.0 Å². The molecule has 0 amide bonds. The maximum absolute atomic E-state index is 13.4. The first-order valence-corrected chi connectivity index (χ1v) is 6.40. The van der Waals surface area contributed by atoms with Crippen molar-refractivity contribution in [3.63, 3.8) is 0 Å². The van der Waals surface area contributed by atoms with Crippen LogP contribution in [0.5, 0.6) is 0 Å². The van der Waals surface area contributed by atoms with E-state index in [9.17, 15) is 17.6 Å². The highest BCUT2D eigenvalue weighted by Crippen LogP contribution is 2.15. The number of halogens is 4. The molecule has 0 aliphatic carbocycles. The zero-order chi connectivity index (χ0) is 15.2. The fourth-order valence-corrected chi connectivity index (χ4v) is 1.86. The van der Waals surface area contributed by atoms with Crippen LogP contribution in [-0.2, 0) is 11.3 Å². The lowest BCUT2D eigenvalue weighted by molar-refractivity contribution is -0.173. The molecule has 0 aromatic heterocycles. The molecule has 1 rings (SSSR count). The molecule has 1 aromatic rings. The van der Waals surface area contributed by atoms with Gasteiger partial charge in [0.1, 0.15) is 12.4 Å². The topological polar surface area (TPSA) is 21.3 Å². The number of ether oxygens (including phenoxy) is 1. The van der Waals surface area contributed by atoms with E-state index in [1.807, 2.05) is 0 Å². The second-order valence-electron chi connectivity index (χ2n) is 4.74. The molecule has 2 nitrogen and oxygen atoms in total. The fourth-order valence-electron chi connectivity index (χ4n) is 1.86. The lowest BCUT2D eigenvalue weighted by Gasteiger charge is -2.09. The molecule has 6 heteroatoms. The summed E-state index contributed by atoms with van der Waals surface area (Å²) >= 11 is 0. The van der Waals surface area contributed by atoms with Crippen molar-refractivity contribution in [3.05, 3.63) is 34.6 Å². The number of rotatable bonds is 7. The molecule has 0 aliphatic heterocycles. The molecule has 1 N–H and O–H groups in total. The third-order valence-electron chi connectivity index (χ3n) is 2.73. The van der Waals surface area contributed by atoms with Gasteiger partial charge in [0.15, 0.2) is 0 Å². The Balaban J connectivity index is 2.19. The molecule has 0 saturated carbocycles. The van der Waals surface area contributed by atoms with Crippen molar-refractivity contribution in [2.75, 3.05) is 19.8 Å². The van der Waals surface area contributed by atoms with E-state index in [0.717, 1.165) is 5.56 Å².